The summed E-state index contributed by atoms with van der Waals surface area (Å²) in [5.41, 5.74) is 3.90. The number of nitrogens with one attached hydrogen (secondary N) is 2. The van der Waals surface area contributed by atoms with Gasteiger partial charge in [0.25, 0.3) is 0 Å². The number of aliphatic imine (C=N–C) groups is 1. The molecule has 0 fully saturated rings. The molecule has 1 aliphatic rings. The molecule has 5 heteroatoms. The van der Waals surface area contributed by atoms with Crippen LogP contribution in [0.5, 0.6) is 0 Å². The zero-order valence-electron chi connectivity index (χ0n) is 22.3. The van der Waals surface area contributed by atoms with Crippen LogP contribution in [0, 0.1) is 18.6 Å². The highest BCUT2D eigenvalue weighted by molar-refractivity contribution is 6.08. The van der Waals surface area contributed by atoms with Gasteiger partial charge in [-0.25, -0.2) is 13.8 Å². The van der Waals surface area contributed by atoms with Crippen LogP contribution in [0.25, 0.3) is 16.5 Å². The second kappa shape index (κ2) is 12.5. The van der Waals surface area contributed by atoms with E-state index in [1.54, 1.807) is 6.92 Å². The van der Waals surface area contributed by atoms with Crippen molar-refractivity contribution in [1.82, 2.24) is 5.32 Å². The number of benzene rings is 4. The Morgan fingerprint density at radius 1 is 0.921 bits per heavy atom. The monoisotopic (exact) mass is 511 g/mol. The Morgan fingerprint density at radius 2 is 1.61 bits per heavy atom. The van der Waals surface area contributed by atoms with Crippen molar-refractivity contribution in [2.24, 2.45) is 4.99 Å². The van der Waals surface area contributed by atoms with Gasteiger partial charge in [0, 0.05) is 34.1 Å². The van der Waals surface area contributed by atoms with Crippen molar-refractivity contribution in [1.29, 1.82) is 0 Å². The fraction of sp³-hybridized carbons (Fsp3) is 0.242. The van der Waals surface area contributed by atoms with Gasteiger partial charge >= 0.3 is 0 Å². The molecule has 38 heavy (non-hydrogen) atoms. The lowest BCUT2D eigenvalue weighted by atomic mass is 10.00. The number of unbranched alkanes of at least 4 members (excludes halogenated alkanes) is 3. The first-order chi connectivity index (χ1) is 18.4. The third-order valence-corrected chi connectivity index (χ3v) is 6.71. The van der Waals surface area contributed by atoms with Crippen molar-refractivity contribution in [3.05, 3.63) is 119 Å². The molecule has 1 atom stereocenters. The van der Waals surface area contributed by atoms with Crippen LogP contribution >= 0.6 is 0 Å². The number of rotatable bonds is 6. The molecule has 0 saturated heterocycles. The summed E-state index contributed by atoms with van der Waals surface area (Å²) in [4.78, 5) is 4.93. The topological polar surface area (TPSA) is 36.4 Å². The van der Waals surface area contributed by atoms with Crippen LogP contribution in [0.15, 0.2) is 90.4 Å². The van der Waals surface area contributed by atoms with Gasteiger partial charge < -0.3 is 10.6 Å². The maximum Gasteiger partial charge on any atom is 0.147 e. The highest BCUT2D eigenvalue weighted by atomic mass is 19.1. The maximum atomic E-state index is 14.1. The molecular weight excluding hydrogens is 476 g/mol. The summed E-state index contributed by atoms with van der Waals surface area (Å²) >= 11 is 0. The molecule has 4 aromatic rings. The number of para-hydroxylation sites is 1. The first kappa shape index (κ1) is 27.1. The van der Waals surface area contributed by atoms with Gasteiger partial charge in [-0.05, 0) is 41.5 Å². The number of fused-ring (bicyclic) bond motifs is 2. The largest absolute Gasteiger partial charge is 0.359 e. The van der Waals surface area contributed by atoms with E-state index in [9.17, 15) is 8.78 Å². The summed E-state index contributed by atoms with van der Waals surface area (Å²) in [6.45, 7) is 10.1. The van der Waals surface area contributed by atoms with Crippen LogP contribution in [0.2, 0.25) is 0 Å². The lowest BCUT2D eigenvalue weighted by molar-refractivity contribution is 0.576. The number of anilines is 1. The van der Waals surface area contributed by atoms with Gasteiger partial charge in [0.15, 0.2) is 0 Å². The highest BCUT2D eigenvalue weighted by Gasteiger charge is 2.23. The van der Waals surface area contributed by atoms with E-state index in [0.717, 1.165) is 33.7 Å². The number of halogens is 2. The van der Waals surface area contributed by atoms with Gasteiger partial charge in [-0.2, -0.15) is 0 Å². The van der Waals surface area contributed by atoms with Crippen LogP contribution in [0.1, 0.15) is 68.0 Å². The van der Waals surface area contributed by atoms with Crippen LogP contribution in [-0.2, 0) is 0 Å². The molecule has 1 heterocycles. The van der Waals surface area contributed by atoms with E-state index < -0.39 is 11.6 Å². The minimum Gasteiger partial charge on any atom is -0.359 e. The number of hydrogen-bond donors (Lipinski definition) is 2. The molecule has 4 aromatic carbocycles. The smallest absolute Gasteiger partial charge is 0.147 e. The minimum absolute atomic E-state index is 0.331. The van der Waals surface area contributed by atoms with Crippen LogP contribution in [-0.4, -0.2) is 5.84 Å². The predicted molar refractivity (Wildman–Crippen MR) is 156 cm³/mol. The highest BCUT2D eigenvalue weighted by Crippen LogP contribution is 2.33. The second-order valence-electron chi connectivity index (χ2n) is 9.51. The Hall–Kier alpha value is -3.99. The Labute approximate surface area is 224 Å². The van der Waals surface area contributed by atoms with E-state index in [1.165, 1.54) is 31.7 Å². The molecule has 5 rings (SSSR count). The SMILES string of the molecule is C=C(NC1=NC(c2cccc3ccccc23)Nc2ccccc21)c1cc(F)cc(F)c1C.CCCCCC. The summed E-state index contributed by atoms with van der Waals surface area (Å²) in [6.07, 6.45) is 5.20. The quantitative estimate of drug-likeness (QED) is 0.253. The number of nitrogens with zero attached hydrogens (tertiary/aromatic N) is 1. The molecule has 0 amide bonds. The third-order valence-electron chi connectivity index (χ3n) is 6.71. The van der Waals surface area contributed by atoms with Crippen LogP contribution in [0.4, 0.5) is 14.5 Å². The fourth-order valence-electron chi connectivity index (χ4n) is 4.60. The molecular formula is C33H35F2N3. The molecule has 0 saturated carbocycles. The third kappa shape index (κ3) is 6.10. The number of hydrogen-bond acceptors (Lipinski definition) is 3. The molecule has 3 nitrogen and oxygen atoms in total. The lowest BCUT2D eigenvalue weighted by Gasteiger charge is -2.28. The van der Waals surface area contributed by atoms with Crippen molar-refractivity contribution < 1.29 is 8.78 Å². The minimum atomic E-state index is -0.646. The second-order valence-corrected chi connectivity index (χ2v) is 9.51. The molecule has 0 radical (unpaired) electrons. The zero-order valence-corrected chi connectivity index (χ0v) is 22.3. The van der Waals surface area contributed by atoms with E-state index in [0.29, 0.717) is 22.7 Å². The predicted octanol–water partition coefficient (Wildman–Crippen LogP) is 9.14. The molecule has 0 aliphatic carbocycles. The zero-order chi connectivity index (χ0) is 27.1. The van der Waals surface area contributed by atoms with Crippen molar-refractivity contribution in [2.45, 2.75) is 52.6 Å². The Morgan fingerprint density at radius 3 is 2.37 bits per heavy atom. The maximum absolute atomic E-state index is 14.1. The molecule has 0 aromatic heterocycles. The van der Waals surface area contributed by atoms with Crippen LogP contribution in [0.3, 0.4) is 0 Å². The molecule has 0 bridgehead atoms. The number of amidine groups is 1. The summed E-state index contributed by atoms with van der Waals surface area (Å²) in [5.74, 6) is -0.664. The standard InChI is InChI=1S/C27H21F2N3.C6H14/c1-16-23(14-19(28)15-24(16)29)17(2)30-27-22-11-5-6-13-25(22)31-26(32-27)21-12-7-9-18-8-3-4-10-20(18)21;1-3-5-6-4-2/h3-15,26,31H,2H2,1H3,(H,30,32);3-6H2,1-2H3. The first-order valence-electron chi connectivity index (χ1n) is 13.3. The van der Waals surface area contributed by atoms with Crippen molar-refractivity contribution in [3.8, 4) is 0 Å². The summed E-state index contributed by atoms with van der Waals surface area (Å²) in [7, 11) is 0. The van der Waals surface area contributed by atoms with Crippen molar-refractivity contribution in [3.63, 3.8) is 0 Å². The van der Waals surface area contributed by atoms with Gasteiger partial charge in [0.05, 0.1) is 0 Å². The van der Waals surface area contributed by atoms with Gasteiger partial charge in [-0.1, -0.05) is 101 Å². The normalized spacial score (nSPS) is 14.0. The van der Waals surface area contributed by atoms with E-state index >= 15 is 0 Å². The molecule has 1 aliphatic heterocycles. The molecule has 2 N–H and O–H groups in total. The van der Waals surface area contributed by atoms with E-state index in [2.05, 4.69) is 55.3 Å². The van der Waals surface area contributed by atoms with Crippen molar-refractivity contribution in [2.75, 3.05) is 5.32 Å². The Kier molecular flexibility index (Phi) is 8.90. The van der Waals surface area contributed by atoms with E-state index in [4.69, 9.17) is 4.99 Å². The average molecular weight is 512 g/mol. The van der Waals surface area contributed by atoms with Gasteiger partial charge in [-0.3, -0.25) is 0 Å². The van der Waals surface area contributed by atoms with E-state index in [1.807, 2.05) is 42.5 Å². The average Bonchev–Trinajstić information content (AvgIpc) is 2.93. The van der Waals surface area contributed by atoms with Gasteiger partial charge in [-0.15, -0.1) is 0 Å². The van der Waals surface area contributed by atoms with Crippen molar-refractivity contribution >= 4 is 28.0 Å². The Bertz CT molecular complexity index is 1450. The first-order valence-corrected chi connectivity index (χ1v) is 13.3. The summed E-state index contributed by atoms with van der Waals surface area (Å²) in [5, 5.41) is 8.96. The van der Waals surface area contributed by atoms with Gasteiger partial charge in [0.1, 0.15) is 23.6 Å². The Balaban J connectivity index is 0.000000505. The lowest BCUT2D eigenvalue weighted by Crippen LogP contribution is -2.30. The fourth-order valence-corrected chi connectivity index (χ4v) is 4.60. The molecule has 1 unspecified atom stereocenters. The summed E-state index contributed by atoms with van der Waals surface area (Å²) in [6, 6.07) is 24.3. The van der Waals surface area contributed by atoms with Gasteiger partial charge in [0.2, 0.25) is 0 Å². The van der Waals surface area contributed by atoms with Crippen LogP contribution < -0.4 is 10.6 Å². The molecule has 196 valence electrons. The summed E-state index contributed by atoms with van der Waals surface area (Å²) < 4.78 is 28.0. The van der Waals surface area contributed by atoms with E-state index in [-0.39, 0.29) is 6.17 Å². The molecule has 0 spiro atoms.